The Morgan fingerprint density at radius 2 is 2.15 bits per heavy atom. The van der Waals surface area contributed by atoms with E-state index in [1.165, 1.54) is 25.0 Å². The van der Waals surface area contributed by atoms with Crippen LogP contribution in [-0.2, 0) is 11.2 Å². The number of carbonyl (C=O) groups excluding carboxylic acids is 1. The number of carbonyl (C=O) groups is 1. The van der Waals surface area contributed by atoms with Gasteiger partial charge in [-0.25, -0.2) is 4.39 Å². The predicted molar refractivity (Wildman–Crippen MR) is 77.9 cm³/mol. The molecule has 20 heavy (non-hydrogen) atoms. The van der Waals surface area contributed by atoms with Crippen molar-refractivity contribution in [3.8, 4) is 0 Å². The molecule has 110 valence electrons. The van der Waals surface area contributed by atoms with Gasteiger partial charge in [0.05, 0.1) is 0 Å². The van der Waals surface area contributed by atoms with Gasteiger partial charge in [0.1, 0.15) is 5.82 Å². The molecule has 0 bridgehead atoms. The lowest BCUT2D eigenvalue weighted by Crippen LogP contribution is -2.30. The number of hydrogen-bond donors (Lipinski definition) is 2. The van der Waals surface area contributed by atoms with Crippen molar-refractivity contribution in [1.82, 2.24) is 10.6 Å². The first kappa shape index (κ1) is 15.0. The standard InChI is InChI=1S/C16H23FN2O/c17-15-3-1-2-14(12-15)8-11-19-16(20)5-4-13-6-9-18-10-7-13/h1-3,12-13,18H,4-11H2,(H,19,20). The predicted octanol–water partition coefficient (Wildman–Crippen LogP) is 2.26. The molecule has 1 aliphatic rings. The monoisotopic (exact) mass is 278 g/mol. The maximum Gasteiger partial charge on any atom is 0.220 e. The van der Waals surface area contributed by atoms with Gasteiger partial charge in [-0.3, -0.25) is 4.79 Å². The second kappa shape index (κ2) is 8.00. The van der Waals surface area contributed by atoms with E-state index in [4.69, 9.17) is 0 Å². The lowest BCUT2D eigenvalue weighted by molar-refractivity contribution is -0.121. The summed E-state index contributed by atoms with van der Waals surface area (Å²) in [4.78, 5) is 11.7. The average Bonchev–Trinajstić information content (AvgIpc) is 2.46. The fourth-order valence-corrected chi connectivity index (χ4v) is 2.63. The topological polar surface area (TPSA) is 41.1 Å². The molecule has 0 spiro atoms. The van der Waals surface area contributed by atoms with E-state index in [2.05, 4.69) is 10.6 Å². The second-order valence-corrected chi connectivity index (χ2v) is 5.46. The fraction of sp³-hybridized carbons (Fsp3) is 0.562. The van der Waals surface area contributed by atoms with Crippen LogP contribution in [0.3, 0.4) is 0 Å². The number of amides is 1. The highest BCUT2D eigenvalue weighted by atomic mass is 19.1. The van der Waals surface area contributed by atoms with E-state index in [1.807, 2.05) is 6.07 Å². The molecule has 1 saturated heterocycles. The molecule has 1 amide bonds. The maximum absolute atomic E-state index is 13.0. The fourth-order valence-electron chi connectivity index (χ4n) is 2.63. The summed E-state index contributed by atoms with van der Waals surface area (Å²) in [7, 11) is 0. The van der Waals surface area contributed by atoms with Crippen LogP contribution in [-0.4, -0.2) is 25.5 Å². The lowest BCUT2D eigenvalue weighted by Gasteiger charge is -2.22. The SMILES string of the molecule is O=C(CCC1CCNCC1)NCCc1cccc(F)c1. The van der Waals surface area contributed by atoms with Crippen molar-refractivity contribution in [3.63, 3.8) is 0 Å². The Balaban J connectivity index is 1.60. The number of halogens is 1. The number of piperidine rings is 1. The molecule has 3 nitrogen and oxygen atoms in total. The van der Waals surface area contributed by atoms with E-state index in [0.717, 1.165) is 25.1 Å². The van der Waals surface area contributed by atoms with Crippen molar-refractivity contribution in [2.24, 2.45) is 5.92 Å². The first-order valence-corrected chi connectivity index (χ1v) is 7.46. The van der Waals surface area contributed by atoms with Crippen molar-refractivity contribution in [1.29, 1.82) is 0 Å². The molecule has 1 fully saturated rings. The van der Waals surface area contributed by atoms with Gasteiger partial charge in [-0.1, -0.05) is 12.1 Å². The minimum atomic E-state index is -0.222. The number of rotatable bonds is 6. The van der Waals surface area contributed by atoms with Crippen molar-refractivity contribution in [3.05, 3.63) is 35.6 Å². The summed E-state index contributed by atoms with van der Waals surface area (Å²) in [6.45, 7) is 2.73. The molecule has 1 aromatic rings. The molecule has 1 heterocycles. The molecule has 0 saturated carbocycles. The van der Waals surface area contributed by atoms with Gasteiger partial charge < -0.3 is 10.6 Å². The van der Waals surface area contributed by atoms with Crippen LogP contribution in [0, 0.1) is 11.7 Å². The van der Waals surface area contributed by atoms with E-state index in [-0.39, 0.29) is 11.7 Å². The first-order chi connectivity index (χ1) is 9.74. The molecule has 4 heteroatoms. The Labute approximate surface area is 120 Å². The van der Waals surface area contributed by atoms with Crippen LogP contribution in [0.1, 0.15) is 31.2 Å². The van der Waals surface area contributed by atoms with E-state index in [1.54, 1.807) is 6.07 Å². The summed E-state index contributed by atoms with van der Waals surface area (Å²) >= 11 is 0. The van der Waals surface area contributed by atoms with Crippen LogP contribution in [0.5, 0.6) is 0 Å². The first-order valence-electron chi connectivity index (χ1n) is 7.46. The van der Waals surface area contributed by atoms with Gasteiger partial charge in [0.25, 0.3) is 0 Å². The highest BCUT2D eigenvalue weighted by Gasteiger charge is 2.14. The van der Waals surface area contributed by atoms with Gasteiger partial charge in [-0.15, -0.1) is 0 Å². The van der Waals surface area contributed by atoms with Crippen LogP contribution >= 0.6 is 0 Å². The maximum atomic E-state index is 13.0. The molecule has 2 rings (SSSR count). The van der Waals surface area contributed by atoms with Crippen LogP contribution < -0.4 is 10.6 Å². The minimum Gasteiger partial charge on any atom is -0.356 e. The molecule has 0 unspecified atom stereocenters. The Hall–Kier alpha value is -1.42. The van der Waals surface area contributed by atoms with Crippen LogP contribution in [0.2, 0.25) is 0 Å². The van der Waals surface area contributed by atoms with Crippen molar-refractivity contribution in [2.45, 2.75) is 32.1 Å². The summed E-state index contributed by atoms with van der Waals surface area (Å²) in [5, 5.41) is 6.24. The molecule has 0 aromatic heterocycles. The van der Waals surface area contributed by atoms with E-state index in [9.17, 15) is 9.18 Å². The van der Waals surface area contributed by atoms with Gasteiger partial charge in [-0.05, 0) is 62.4 Å². The van der Waals surface area contributed by atoms with Crippen molar-refractivity contribution < 1.29 is 9.18 Å². The summed E-state index contributed by atoms with van der Waals surface area (Å²) in [5.74, 6) is 0.574. The Morgan fingerprint density at radius 3 is 2.90 bits per heavy atom. The third kappa shape index (κ3) is 5.29. The van der Waals surface area contributed by atoms with Crippen LogP contribution in [0.4, 0.5) is 4.39 Å². The zero-order valence-corrected chi connectivity index (χ0v) is 11.8. The van der Waals surface area contributed by atoms with Gasteiger partial charge >= 0.3 is 0 Å². The highest BCUT2D eigenvalue weighted by Crippen LogP contribution is 2.17. The quantitative estimate of drug-likeness (QED) is 0.838. The van der Waals surface area contributed by atoms with E-state index < -0.39 is 0 Å². The molecule has 2 N–H and O–H groups in total. The molecular weight excluding hydrogens is 255 g/mol. The Morgan fingerprint density at radius 1 is 1.35 bits per heavy atom. The van der Waals surface area contributed by atoms with E-state index >= 15 is 0 Å². The normalized spacial score (nSPS) is 16.1. The van der Waals surface area contributed by atoms with Gasteiger partial charge in [0.15, 0.2) is 0 Å². The Bertz CT molecular complexity index is 430. The Kier molecular flexibility index (Phi) is 5.99. The van der Waals surface area contributed by atoms with E-state index in [0.29, 0.717) is 25.3 Å². The van der Waals surface area contributed by atoms with Gasteiger partial charge in [0.2, 0.25) is 5.91 Å². The molecule has 1 aliphatic heterocycles. The smallest absolute Gasteiger partial charge is 0.220 e. The molecule has 0 radical (unpaired) electrons. The highest BCUT2D eigenvalue weighted by molar-refractivity contribution is 5.75. The molecule has 1 aromatic carbocycles. The summed E-state index contributed by atoms with van der Waals surface area (Å²) in [6.07, 6.45) is 4.62. The largest absolute Gasteiger partial charge is 0.356 e. The second-order valence-electron chi connectivity index (χ2n) is 5.46. The van der Waals surface area contributed by atoms with Crippen molar-refractivity contribution in [2.75, 3.05) is 19.6 Å². The average molecular weight is 278 g/mol. The molecule has 0 aliphatic carbocycles. The van der Waals surface area contributed by atoms with Crippen LogP contribution in [0.15, 0.2) is 24.3 Å². The summed E-state index contributed by atoms with van der Waals surface area (Å²) in [5.41, 5.74) is 0.920. The summed E-state index contributed by atoms with van der Waals surface area (Å²) < 4.78 is 13.0. The lowest BCUT2D eigenvalue weighted by atomic mass is 9.93. The number of nitrogens with one attached hydrogen (secondary N) is 2. The van der Waals surface area contributed by atoms with Crippen LogP contribution in [0.25, 0.3) is 0 Å². The zero-order chi connectivity index (χ0) is 14.2. The summed E-state index contributed by atoms with van der Waals surface area (Å²) in [6, 6.07) is 6.52. The molecule has 0 atom stereocenters. The van der Waals surface area contributed by atoms with Gasteiger partial charge in [0, 0.05) is 13.0 Å². The van der Waals surface area contributed by atoms with Crippen molar-refractivity contribution >= 4 is 5.91 Å². The minimum absolute atomic E-state index is 0.111. The molecular formula is C16H23FN2O. The zero-order valence-electron chi connectivity index (χ0n) is 11.8. The van der Waals surface area contributed by atoms with Gasteiger partial charge in [-0.2, -0.15) is 0 Å². The third-order valence-corrected chi connectivity index (χ3v) is 3.86. The number of hydrogen-bond acceptors (Lipinski definition) is 2. The number of benzene rings is 1. The third-order valence-electron chi connectivity index (χ3n) is 3.86.